The van der Waals surface area contributed by atoms with Gasteiger partial charge in [-0.15, -0.1) is 0 Å². The molecule has 0 atom stereocenters. The first kappa shape index (κ1) is 22.5. The summed E-state index contributed by atoms with van der Waals surface area (Å²) in [4.78, 5) is 32.8. The Balaban J connectivity index is 1.68. The Morgan fingerprint density at radius 2 is 0.919 bits per heavy atom. The SMILES string of the molecule is c1ccc([Si](c2cccnc2)(c2cncc(-c3cccnc3)n2)c2cncc(-c3cccnc3)n2)cc1. The third-order valence-corrected chi connectivity index (χ3v) is 10.6. The Labute approximate surface area is 215 Å². The normalized spacial score (nSPS) is 11.2. The molecule has 37 heavy (non-hydrogen) atoms. The molecule has 8 heteroatoms. The van der Waals surface area contributed by atoms with Crippen molar-refractivity contribution in [2.75, 3.05) is 0 Å². The maximum Gasteiger partial charge on any atom is 0.228 e. The first-order valence-corrected chi connectivity index (χ1v) is 13.8. The van der Waals surface area contributed by atoms with E-state index in [9.17, 15) is 0 Å². The van der Waals surface area contributed by atoms with E-state index in [-0.39, 0.29) is 0 Å². The van der Waals surface area contributed by atoms with Gasteiger partial charge in [0.05, 0.1) is 34.4 Å². The maximum atomic E-state index is 5.20. The molecule has 0 radical (unpaired) electrons. The molecule has 0 aliphatic carbocycles. The zero-order valence-electron chi connectivity index (χ0n) is 19.8. The standard InChI is InChI=1S/C29H21N7Si/c1-2-9-24(10-3-1)37(25-11-6-14-32-17-25,28-20-33-18-26(35-28)22-7-4-12-30-15-22)29-21-34-19-27(36-29)23-8-5-13-31-16-23/h1-21H. The monoisotopic (exact) mass is 495 g/mol. The number of rotatable bonds is 6. The van der Waals surface area contributed by atoms with Crippen LogP contribution in [0.25, 0.3) is 22.5 Å². The van der Waals surface area contributed by atoms with E-state index in [0.29, 0.717) is 0 Å². The van der Waals surface area contributed by atoms with E-state index in [1.807, 2.05) is 67.1 Å². The third-order valence-electron chi connectivity index (χ3n) is 6.25. The fraction of sp³-hybridized carbons (Fsp3) is 0. The lowest BCUT2D eigenvalue weighted by molar-refractivity contribution is 1.20. The van der Waals surface area contributed by atoms with Gasteiger partial charge in [0.15, 0.2) is 0 Å². The summed E-state index contributed by atoms with van der Waals surface area (Å²) in [5, 5.41) is 3.83. The van der Waals surface area contributed by atoms with Gasteiger partial charge in [-0.05, 0) is 40.7 Å². The van der Waals surface area contributed by atoms with E-state index in [0.717, 1.165) is 43.5 Å². The van der Waals surface area contributed by atoms with Gasteiger partial charge in [-0.1, -0.05) is 36.4 Å². The van der Waals surface area contributed by atoms with Crippen LogP contribution in [0.1, 0.15) is 0 Å². The van der Waals surface area contributed by atoms with Gasteiger partial charge in [0.2, 0.25) is 8.07 Å². The molecule has 0 bridgehead atoms. The van der Waals surface area contributed by atoms with E-state index < -0.39 is 8.07 Å². The second-order valence-corrected chi connectivity index (χ2v) is 12.1. The molecule has 0 unspecified atom stereocenters. The van der Waals surface area contributed by atoms with Crippen molar-refractivity contribution in [1.29, 1.82) is 0 Å². The summed E-state index contributed by atoms with van der Waals surface area (Å²) in [5.41, 5.74) is 3.29. The lowest BCUT2D eigenvalue weighted by Crippen LogP contribution is -2.76. The Kier molecular flexibility index (Phi) is 6.06. The van der Waals surface area contributed by atoms with E-state index in [4.69, 9.17) is 9.97 Å². The van der Waals surface area contributed by atoms with Crippen LogP contribution in [0.2, 0.25) is 0 Å². The predicted octanol–water partition coefficient (Wildman–Crippen LogP) is 2.16. The molecule has 0 N–H and O–H groups in total. The summed E-state index contributed by atoms with van der Waals surface area (Å²) in [5.74, 6) is 0. The van der Waals surface area contributed by atoms with Gasteiger partial charge < -0.3 is 0 Å². The molecule has 6 aromatic rings. The molecule has 0 fully saturated rings. The van der Waals surface area contributed by atoms with Crippen molar-refractivity contribution in [3.63, 3.8) is 0 Å². The molecule has 0 saturated heterocycles. The number of hydrogen-bond acceptors (Lipinski definition) is 7. The number of aromatic nitrogens is 7. The molecular weight excluding hydrogens is 474 g/mol. The van der Waals surface area contributed by atoms with Crippen LogP contribution < -0.4 is 21.0 Å². The molecule has 7 nitrogen and oxygen atoms in total. The zero-order valence-corrected chi connectivity index (χ0v) is 20.8. The van der Waals surface area contributed by atoms with Gasteiger partial charge in [0.25, 0.3) is 0 Å². The van der Waals surface area contributed by atoms with E-state index >= 15 is 0 Å². The fourth-order valence-corrected chi connectivity index (χ4v) is 8.76. The Bertz CT molecular complexity index is 1490. The van der Waals surface area contributed by atoms with Crippen LogP contribution in [0.15, 0.2) is 129 Å². The Morgan fingerprint density at radius 1 is 0.405 bits per heavy atom. The molecule has 5 heterocycles. The van der Waals surface area contributed by atoms with E-state index in [1.165, 1.54) is 0 Å². The van der Waals surface area contributed by atoms with Crippen LogP contribution in [0.4, 0.5) is 0 Å². The highest BCUT2D eigenvalue weighted by Crippen LogP contribution is 2.16. The lowest BCUT2D eigenvalue weighted by atomic mass is 10.2. The van der Waals surface area contributed by atoms with E-state index in [2.05, 4.69) is 43.1 Å². The van der Waals surface area contributed by atoms with Gasteiger partial charge in [-0.25, -0.2) is 0 Å². The molecule has 0 aliphatic rings. The molecule has 5 aromatic heterocycles. The molecule has 176 valence electrons. The zero-order chi connectivity index (χ0) is 24.9. The fourth-order valence-electron chi connectivity index (χ4n) is 4.56. The summed E-state index contributed by atoms with van der Waals surface area (Å²) < 4.78 is 0. The van der Waals surface area contributed by atoms with Crippen LogP contribution >= 0.6 is 0 Å². The smallest absolute Gasteiger partial charge is 0.228 e. The van der Waals surface area contributed by atoms with Crippen molar-refractivity contribution in [1.82, 2.24) is 34.9 Å². The van der Waals surface area contributed by atoms with Gasteiger partial charge in [0, 0.05) is 60.7 Å². The third kappa shape index (κ3) is 4.19. The van der Waals surface area contributed by atoms with Gasteiger partial charge in [-0.2, -0.15) is 0 Å². The number of hydrogen-bond donors (Lipinski definition) is 0. The van der Waals surface area contributed by atoms with Gasteiger partial charge in [-0.3, -0.25) is 34.9 Å². The van der Waals surface area contributed by atoms with Crippen molar-refractivity contribution < 1.29 is 0 Å². The van der Waals surface area contributed by atoms with Crippen LogP contribution in [-0.4, -0.2) is 43.0 Å². The Hall–Kier alpha value is -4.95. The highest BCUT2D eigenvalue weighted by atomic mass is 28.3. The van der Waals surface area contributed by atoms with Crippen molar-refractivity contribution >= 4 is 29.1 Å². The maximum absolute atomic E-state index is 5.20. The summed E-state index contributed by atoms with van der Waals surface area (Å²) in [6, 6.07) is 22.2. The minimum Gasteiger partial charge on any atom is -0.265 e. The molecule has 0 amide bonds. The highest BCUT2D eigenvalue weighted by Gasteiger charge is 2.46. The molecule has 1 aromatic carbocycles. The molecule has 0 saturated carbocycles. The highest BCUT2D eigenvalue weighted by molar-refractivity contribution is 7.19. The molecular formula is C29H21N7Si. The summed E-state index contributed by atoms with van der Waals surface area (Å²) in [6.07, 6.45) is 18.0. The number of benzene rings is 1. The van der Waals surface area contributed by atoms with Crippen molar-refractivity contribution in [2.45, 2.75) is 0 Å². The first-order chi connectivity index (χ1) is 18.4. The topological polar surface area (TPSA) is 90.2 Å². The van der Waals surface area contributed by atoms with Crippen LogP contribution in [0.3, 0.4) is 0 Å². The predicted molar refractivity (Wildman–Crippen MR) is 145 cm³/mol. The van der Waals surface area contributed by atoms with Crippen LogP contribution in [-0.2, 0) is 0 Å². The quantitative estimate of drug-likeness (QED) is 0.327. The lowest BCUT2D eigenvalue weighted by Gasteiger charge is -2.31. The van der Waals surface area contributed by atoms with E-state index in [1.54, 1.807) is 43.4 Å². The average Bonchev–Trinajstić information content (AvgIpc) is 3.00. The molecule has 6 rings (SSSR count). The summed E-state index contributed by atoms with van der Waals surface area (Å²) >= 11 is 0. The summed E-state index contributed by atoms with van der Waals surface area (Å²) in [7, 11) is -3.08. The van der Waals surface area contributed by atoms with Crippen molar-refractivity contribution in [2.24, 2.45) is 0 Å². The number of pyridine rings is 3. The van der Waals surface area contributed by atoms with Crippen LogP contribution in [0.5, 0.6) is 0 Å². The van der Waals surface area contributed by atoms with Gasteiger partial charge >= 0.3 is 0 Å². The minimum atomic E-state index is -3.08. The average molecular weight is 496 g/mol. The first-order valence-electron chi connectivity index (χ1n) is 11.8. The van der Waals surface area contributed by atoms with Crippen molar-refractivity contribution in [3.05, 3.63) is 129 Å². The van der Waals surface area contributed by atoms with Gasteiger partial charge in [0.1, 0.15) is 0 Å². The summed E-state index contributed by atoms with van der Waals surface area (Å²) in [6.45, 7) is 0. The Morgan fingerprint density at radius 3 is 1.41 bits per heavy atom. The van der Waals surface area contributed by atoms with Crippen molar-refractivity contribution in [3.8, 4) is 22.5 Å². The minimum absolute atomic E-state index is 0.749. The number of nitrogens with zero attached hydrogens (tertiary/aromatic N) is 7. The largest absolute Gasteiger partial charge is 0.265 e. The second kappa shape index (κ2) is 9.96. The van der Waals surface area contributed by atoms with Crippen LogP contribution in [0, 0.1) is 0 Å². The molecule has 0 spiro atoms. The molecule has 0 aliphatic heterocycles. The second-order valence-electron chi connectivity index (χ2n) is 8.42.